The van der Waals surface area contributed by atoms with E-state index in [1.807, 2.05) is 13.8 Å². The van der Waals surface area contributed by atoms with Gasteiger partial charge >= 0.3 is 6.36 Å². The first-order chi connectivity index (χ1) is 17.8. The Balaban J connectivity index is 1.47. The van der Waals surface area contributed by atoms with E-state index < -0.39 is 24.1 Å². The number of ether oxygens (including phenoxy) is 2. The molecule has 0 radical (unpaired) electrons. The molecule has 0 saturated carbocycles. The summed E-state index contributed by atoms with van der Waals surface area (Å²) in [5, 5.41) is 15.9. The van der Waals surface area contributed by atoms with Gasteiger partial charge in [0.1, 0.15) is 5.75 Å². The number of aromatic amines is 1. The van der Waals surface area contributed by atoms with Gasteiger partial charge in [0.25, 0.3) is 11.8 Å². The van der Waals surface area contributed by atoms with E-state index in [-0.39, 0.29) is 35.8 Å². The molecule has 2 aromatic rings. The molecule has 3 unspecified atom stereocenters. The number of rotatable bonds is 7. The van der Waals surface area contributed by atoms with Crippen molar-refractivity contribution in [1.29, 1.82) is 0 Å². The number of alkyl halides is 3. The number of fused-ring (bicyclic) bond motifs is 1. The second kappa shape index (κ2) is 10.8. The molecule has 4 N–H and O–H groups in total. The number of nitrogens with one attached hydrogen (secondary N) is 3. The molecule has 2 aliphatic rings. The molecule has 9 nitrogen and oxygen atoms in total. The molecule has 3 heterocycles. The summed E-state index contributed by atoms with van der Waals surface area (Å²) in [7, 11) is 0. The molecular weight excluding hydrogens is 505 g/mol. The van der Waals surface area contributed by atoms with Gasteiger partial charge < -0.3 is 30.2 Å². The van der Waals surface area contributed by atoms with Crippen molar-refractivity contribution in [2.24, 2.45) is 0 Å². The first kappa shape index (κ1) is 27.7. The van der Waals surface area contributed by atoms with E-state index in [0.29, 0.717) is 47.8 Å². The number of carbonyl (C=O) groups excluding carboxylic acids is 2. The highest BCUT2D eigenvalue weighted by Gasteiger charge is 2.33. The lowest BCUT2D eigenvalue weighted by Crippen LogP contribution is -2.49. The predicted octanol–water partition coefficient (Wildman–Crippen LogP) is 3.22. The number of aliphatic hydroxyl groups excluding tert-OH is 1. The summed E-state index contributed by atoms with van der Waals surface area (Å²) in [5.41, 5.74) is 2.67. The van der Waals surface area contributed by atoms with Crippen LogP contribution in [0.3, 0.4) is 0 Å². The van der Waals surface area contributed by atoms with E-state index in [1.165, 1.54) is 12.1 Å². The zero-order valence-electron chi connectivity index (χ0n) is 21.5. The largest absolute Gasteiger partial charge is 0.573 e. The first-order valence-electron chi connectivity index (χ1n) is 12.3. The summed E-state index contributed by atoms with van der Waals surface area (Å²) in [5.74, 6) is -1.32. The lowest BCUT2D eigenvalue weighted by Gasteiger charge is -2.36. The number of halogens is 3. The van der Waals surface area contributed by atoms with Gasteiger partial charge in [0.15, 0.2) is 0 Å². The average molecular weight is 537 g/mol. The van der Waals surface area contributed by atoms with Crippen LogP contribution in [0.5, 0.6) is 5.75 Å². The third-order valence-electron chi connectivity index (χ3n) is 6.46. The fourth-order valence-electron chi connectivity index (χ4n) is 5.01. The number of nitrogens with zero attached hydrogens (tertiary/aromatic N) is 1. The van der Waals surface area contributed by atoms with Crippen LogP contribution < -0.4 is 15.4 Å². The monoisotopic (exact) mass is 536 g/mol. The van der Waals surface area contributed by atoms with E-state index in [9.17, 15) is 27.9 Å². The molecule has 1 aromatic heterocycles. The lowest BCUT2D eigenvalue weighted by atomic mass is 10.0. The van der Waals surface area contributed by atoms with Crippen LogP contribution in [0.25, 0.3) is 11.6 Å². The Morgan fingerprint density at radius 3 is 2.63 bits per heavy atom. The van der Waals surface area contributed by atoms with Crippen LogP contribution in [-0.4, -0.2) is 77.7 Å². The normalized spacial score (nSPS) is 21.8. The molecular formula is C26H31F3N4O5. The lowest BCUT2D eigenvalue weighted by molar-refractivity contribution is -0.274. The van der Waals surface area contributed by atoms with Gasteiger partial charge in [-0.25, -0.2) is 0 Å². The highest BCUT2D eigenvalue weighted by Crippen LogP contribution is 2.37. The van der Waals surface area contributed by atoms with Crippen molar-refractivity contribution in [1.82, 2.24) is 15.2 Å². The molecule has 0 spiro atoms. The Labute approximate surface area is 218 Å². The van der Waals surface area contributed by atoms with E-state index in [2.05, 4.69) is 25.3 Å². The van der Waals surface area contributed by atoms with Gasteiger partial charge in [0.05, 0.1) is 29.4 Å². The third-order valence-corrected chi connectivity index (χ3v) is 6.46. The fourth-order valence-corrected chi connectivity index (χ4v) is 5.01. The minimum absolute atomic E-state index is 0.0528. The van der Waals surface area contributed by atoms with Crippen molar-refractivity contribution >= 4 is 29.2 Å². The van der Waals surface area contributed by atoms with Crippen molar-refractivity contribution in [3.05, 3.63) is 46.3 Å². The summed E-state index contributed by atoms with van der Waals surface area (Å²) < 4.78 is 47.7. The molecule has 0 bridgehead atoms. The van der Waals surface area contributed by atoms with Crippen LogP contribution in [0, 0.1) is 13.8 Å². The number of hydrogen-bond donors (Lipinski definition) is 4. The minimum Gasteiger partial charge on any atom is -0.406 e. The first-order valence-corrected chi connectivity index (χ1v) is 12.3. The quantitative estimate of drug-likeness (QED) is 0.404. The van der Waals surface area contributed by atoms with E-state index in [0.717, 1.165) is 12.1 Å². The van der Waals surface area contributed by atoms with E-state index in [4.69, 9.17) is 4.74 Å². The smallest absolute Gasteiger partial charge is 0.406 e. The highest BCUT2D eigenvalue weighted by molar-refractivity contribution is 6.35. The molecule has 4 rings (SSSR count). The molecule has 38 heavy (non-hydrogen) atoms. The molecule has 2 aliphatic heterocycles. The van der Waals surface area contributed by atoms with Crippen molar-refractivity contribution in [2.45, 2.75) is 52.4 Å². The zero-order valence-corrected chi connectivity index (χ0v) is 21.5. The van der Waals surface area contributed by atoms with Gasteiger partial charge in [-0.3, -0.25) is 14.5 Å². The Bertz CT molecular complexity index is 1250. The number of benzene rings is 1. The standard InChI is InChI=1S/C26H31F3N4O5/c1-13-10-33(11-14(2)37-13)12-17(34)9-30-25(36)23-15(3)22(31-16(23)4)8-20-19-7-18(38-26(27,28)29)5-6-21(19)32-24(20)35/h5-8,13-14,17,31,34H,9-12H2,1-4H3,(H,30,36)(H,32,35)/b20-8-. The molecule has 1 aromatic carbocycles. The Hall–Kier alpha value is -3.35. The van der Waals surface area contributed by atoms with Gasteiger partial charge in [-0.15, -0.1) is 13.2 Å². The van der Waals surface area contributed by atoms with Crippen LogP contribution in [0.2, 0.25) is 0 Å². The number of aromatic nitrogens is 1. The zero-order chi connectivity index (χ0) is 27.8. The Morgan fingerprint density at radius 2 is 1.97 bits per heavy atom. The maximum atomic E-state index is 13.0. The number of aryl methyl sites for hydroxylation is 1. The summed E-state index contributed by atoms with van der Waals surface area (Å²) in [6.45, 7) is 9.21. The van der Waals surface area contributed by atoms with Crippen LogP contribution >= 0.6 is 0 Å². The number of anilines is 1. The molecule has 206 valence electrons. The predicted molar refractivity (Wildman–Crippen MR) is 135 cm³/mol. The van der Waals surface area contributed by atoms with Gasteiger partial charge in [0.2, 0.25) is 0 Å². The van der Waals surface area contributed by atoms with Crippen molar-refractivity contribution < 1.29 is 37.3 Å². The molecule has 2 amide bonds. The summed E-state index contributed by atoms with van der Waals surface area (Å²) >= 11 is 0. The van der Waals surface area contributed by atoms with Gasteiger partial charge in [-0.05, 0) is 57.5 Å². The van der Waals surface area contributed by atoms with Gasteiger partial charge in [-0.1, -0.05) is 0 Å². The Kier molecular flexibility index (Phi) is 7.86. The number of hydrogen-bond acceptors (Lipinski definition) is 6. The number of amides is 2. The van der Waals surface area contributed by atoms with Crippen LogP contribution in [-0.2, 0) is 9.53 Å². The average Bonchev–Trinajstić information content (AvgIpc) is 3.25. The van der Waals surface area contributed by atoms with E-state index in [1.54, 1.807) is 13.8 Å². The second-order valence-electron chi connectivity index (χ2n) is 9.77. The topological polar surface area (TPSA) is 116 Å². The number of β-amino-alcohol motifs (C(OH)–C–C–N with tert-alkyl or cyclic N) is 1. The summed E-state index contributed by atoms with van der Waals surface area (Å²) in [6, 6.07) is 3.60. The maximum absolute atomic E-state index is 13.0. The third kappa shape index (κ3) is 6.37. The van der Waals surface area contributed by atoms with Crippen molar-refractivity contribution in [2.75, 3.05) is 31.5 Å². The molecule has 12 heteroatoms. The minimum atomic E-state index is -4.86. The van der Waals surface area contributed by atoms with Crippen LogP contribution in [0.15, 0.2) is 18.2 Å². The van der Waals surface area contributed by atoms with Crippen LogP contribution in [0.4, 0.5) is 18.9 Å². The molecule has 1 saturated heterocycles. The molecule has 0 aliphatic carbocycles. The number of H-pyrrole nitrogens is 1. The van der Waals surface area contributed by atoms with Gasteiger partial charge in [-0.2, -0.15) is 0 Å². The van der Waals surface area contributed by atoms with Crippen LogP contribution in [0.1, 0.15) is 46.7 Å². The van der Waals surface area contributed by atoms with Crippen molar-refractivity contribution in [3.8, 4) is 5.75 Å². The number of aliphatic hydroxyl groups is 1. The maximum Gasteiger partial charge on any atom is 0.573 e. The second-order valence-corrected chi connectivity index (χ2v) is 9.77. The summed E-state index contributed by atoms with van der Waals surface area (Å²) in [6.07, 6.45) is -4.01. The number of carbonyl (C=O) groups is 2. The van der Waals surface area contributed by atoms with E-state index >= 15 is 0 Å². The van der Waals surface area contributed by atoms with Gasteiger partial charge in [0, 0.05) is 48.8 Å². The Morgan fingerprint density at radius 1 is 1.29 bits per heavy atom. The number of morpholine rings is 1. The molecule has 1 fully saturated rings. The fraction of sp³-hybridized carbons (Fsp3) is 0.462. The van der Waals surface area contributed by atoms with Crippen molar-refractivity contribution in [3.63, 3.8) is 0 Å². The summed E-state index contributed by atoms with van der Waals surface area (Å²) in [4.78, 5) is 30.7. The highest BCUT2D eigenvalue weighted by atomic mass is 19.4. The molecule has 3 atom stereocenters. The SMILES string of the molecule is Cc1[nH]c(/C=C2\C(=O)Nc3ccc(OC(F)(F)F)cc32)c(C)c1C(=O)NCC(O)CN1CC(C)OC(C)C1.